The number of ether oxygens (including phenoxy) is 1. The lowest BCUT2D eigenvalue weighted by atomic mass is 10.0. The van der Waals surface area contributed by atoms with E-state index in [1.807, 2.05) is 48.5 Å². The number of carbonyl (C=O) groups is 1. The second-order valence-corrected chi connectivity index (χ2v) is 4.30. The highest BCUT2D eigenvalue weighted by molar-refractivity contribution is 5.92. The number of nitrogens with zero attached hydrogens (tertiary/aromatic N) is 1. The first kappa shape index (κ1) is 11.5. The number of hydrogen-bond donors (Lipinski definition) is 0. The fourth-order valence-electron chi connectivity index (χ4n) is 2.20. The maximum atomic E-state index is 11.7. The molecule has 3 rings (SSSR count). The van der Waals surface area contributed by atoms with Crippen molar-refractivity contribution in [3.63, 3.8) is 0 Å². The molecule has 0 saturated heterocycles. The van der Waals surface area contributed by atoms with Crippen LogP contribution in [-0.2, 0) is 4.74 Å². The van der Waals surface area contributed by atoms with Gasteiger partial charge in [-0.25, -0.2) is 4.79 Å². The van der Waals surface area contributed by atoms with Crippen molar-refractivity contribution in [2.45, 2.75) is 0 Å². The first-order valence-corrected chi connectivity index (χ1v) is 6.04. The minimum Gasteiger partial charge on any atom is -0.452 e. The smallest absolute Gasteiger partial charge is 0.418 e. The van der Waals surface area contributed by atoms with E-state index in [2.05, 4.69) is 6.07 Å². The molecule has 0 aliphatic heterocycles. The molecule has 3 aromatic rings. The number of hydrogen-bond acceptors (Lipinski definition) is 2. The van der Waals surface area contributed by atoms with Crippen molar-refractivity contribution in [1.82, 2.24) is 4.57 Å². The Kier molecular flexibility index (Phi) is 2.80. The second-order valence-electron chi connectivity index (χ2n) is 4.30. The number of rotatable bonds is 1. The molecular formula is C16H13NO2. The summed E-state index contributed by atoms with van der Waals surface area (Å²) in [5, 5.41) is 1.02. The standard InChI is InChI=1S/C16H13NO2/c1-19-16(18)17-10-9-13-7-8-14(11-15(13)17)12-5-3-2-4-6-12/h2-11H,1H3. The van der Waals surface area contributed by atoms with Gasteiger partial charge in [0.1, 0.15) is 0 Å². The van der Waals surface area contributed by atoms with Crippen LogP contribution in [-0.4, -0.2) is 17.8 Å². The van der Waals surface area contributed by atoms with Crippen LogP contribution in [0.2, 0.25) is 0 Å². The maximum Gasteiger partial charge on any atom is 0.418 e. The van der Waals surface area contributed by atoms with Crippen LogP contribution in [0.3, 0.4) is 0 Å². The highest BCUT2D eigenvalue weighted by atomic mass is 16.5. The van der Waals surface area contributed by atoms with Crippen molar-refractivity contribution < 1.29 is 9.53 Å². The molecule has 0 bridgehead atoms. The van der Waals surface area contributed by atoms with E-state index in [0.29, 0.717) is 0 Å². The van der Waals surface area contributed by atoms with E-state index in [4.69, 9.17) is 4.74 Å². The lowest BCUT2D eigenvalue weighted by molar-refractivity contribution is 0.174. The number of aromatic nitrogens is 1. The lowest BCUT2D eigenvalue weighted by Gasteiger charge is -2.05. The Balaban J connectivity index is 2.17. The van der Waals surface area contributed by atoms with Crippen LogP contribution < -0.4 is 0 Å². The predicted molar refractivity (Wildman–Crippen MR) is 75.2 cm³/mol. The van der Waals surface area contributed by atoms with Gasteiger partial charge in [0.25, 0.3) is 0 Å². The molecule has 2 aromatic carbocycles. The van der Waals surface area contributed by atoms with Gasteiger partial charge in [-0.05, 0) is 23.3 Å². The molecule has 0 saturated carbocycles. The topological polar surface area (TPSA) is 31.2 Å². The van der Waals surface area contributed by atoms with Crippen LogP contribution in [0.1, 0.15) is 0 Å². The number of fused-ring (bicyclic) bond motifs is 1. The summed E-state index contributed by atoms with van der Waals surface area (Å²) in [5.74, 6) is 0. The molecule has 0 amide bonds. The summed E-state index contributed by atoms with van der Waals surface area (Å²) in [7, 11) is 1.38. The second kappa shape index (κ2) is 4.61. The van der Waals surface area contributed by atoms with E-state index in [0.717, 1.165) is 22.0 Å². The molecule has 1 heterocycles. The molecule has 0 fully saturated rings. The normalized spacial score (nSPS) is 10.6. The molecule has 0 spiro atoms. The summed E-state index contributed by atoms with van der Waals surface area (Å²) in [6, 6.07) is 18.1. The van der Waals surface area contributed by atoms with E-state index in [9.17, 15) is 4.79 Å². The van der Waals surface area contributed by atoms with Gasteiger partial charge >= 0.3 is 6.09 Å². The average molecular weight is 251 g/mol. The third-order valence-electron chi connectivity index (χ3n) is 3.17. The molecular weight excluding hydrogens is 238 g/mol. The molecule has 3 heteroatoms. The van der Waals surface area contributed by atoms with Gasteiger partial charge in [0.05, 0.1) is 12.6 Å². The zero-order chi connectivity index (χ0) is 13.2. The van der Waals surface area contributed by atoms with Gasteiger partial charge in [-0.3, -0.25) is 4.57 Å². The molecule has 0 aliphatic rings. The zero-order valence-electron chi connectivity index (χ0n) is 10.5. The lowest BCUT2D eigenvalue weighted by Crippen LogP contribution is -2.09. The summed E-state index contributed by atoms with van der Waals surface area (Å²) in [6.07, 6.45) is 1.35. The van der Waals surface area contributed by atoms with Gasteiger partial charge in [-0.2, -0.15) is 0 Å². The zero-order valence-corrected chi connectivity index (χ0v) is 10.5. The van der Waals surface area contributed by atoms with E-state index >= 15 is 0 Å². The summed E-state index contributed by atoms with van der Waals surface area (Å²) < 4.78 is 6.29. The highest BCUT2D eigenvalue weighted by Gasteiger charge is 2.09. The maximum absolute atomic E-state index is 11.7. The fraction of sp³-hybridized carbons (Fsp3) is 0.0625. The van der Waals surface area contributed by atoms with E-state index in [1.165, 1.54) is 11.7 Å². The summed E-state index contributed by atoms with van der Waals surface area (Å²) in [6.45, 7) is 0. The van der Waals surface area contributed by atoms with Crippen LogP contribution in [0.15, 0.2) is 60.8 Å². The molecule has 0 radical (unpaired) electrons. The van der Waals surface area contributed by atoms with Crippen LogP contribution >= 0.6 is 0 Å². The summed E-state index contributed by atoms with van der Waals surface area (Å²) >= 11 is 0. The van der Waals surface area contributed by atoms with Crippen LogP contribution in [0.4, 0.5) is 4.79 Å². The number of benzene rings is 2. The number of carbonyl (C=O) groups excluding carboxylic acids is 1. The van der Waals surface area contributed by atoms with Crippen molar-refractivity contribution in [3.05, 3.63) is 60.8 Å². The van der Waals surface area contributed by atoms with Crippen molar-refractivity contribution in [1.29, 1.82) is 0 Å². The summed E-state index contributed by atoms with van der Waals surface area (Å²) in [5.41, 5.74) is 3.06. The van der Waals surface area contributed by atoms with Gasteiger partial charge in [0, 0.05) is 11.6 Å². The Labute approximate surface area is 111 Å². The van der Waals surface area contributed by atoms with E-state index in [-0.39, 0.29) is 6.09 Å². The first-order chi connectivity index (χ1) is 9.29. The summed E-state index contributed by atoms with van der Waals surface area (Å²) in [4.78, 5) is 11.7. The Bertz CT molecular complexity index is 729. The quantitative estimate of drug-likeness (QED) is 0.656. The molecule has 1 aromatic heterocycles. The Morgan fingerprint density at radius 2 is 1.79 bits per heavy atom. The molecule has 0 unspecified atom stereocenters. The van der Waals surface area contributed by atoms with Crippen molar-refractivity contribution in [2.75, 3.05) is 7.11 Å². The van der Waals surface area contributed by atoms with E-state index in [1.54, 1.807) is 6.20 Å². The van der Waals surface area contributed by atoms with Crippen molar-refractivity contribution in [3.8, 4) is 11.1 Å². The van der Waals surface area contributed by atoms with Gasteiger partial charge in [-0.1, -0.05) is 42.5 Å². The molecule has 0 atom stereocenters. The molecule has 0 aliphatic carbocycles. The molecule has 3 nitrogen and oxygen atoms in total. The molecule has 19 heavy (non-hydrogen) atoms. The third kappa shape index (κ3) is 1.99. The van der Waals surface area contributed by atoms with Gasteiger partial charge in [0.15, 0.2) is 0 Å². The van der Waals surface area contributed by atoms with Crippen LogP contribution in [0.25, 0.3) is 22.0 Å². The fourth-order valence-corrected chi connectivity index (χ4v) is 2.20. The monoisotopic (exact) mass is 251 g/mol. The van der Waals surface area contributed by atoms with Gasteiger partial charge in [-0.15, -0.1) is 0 Å². The number of methoxy groups -OCH3 is 1. The predicted octanol–water partition coefficient (Wildman–Crippen LogP) is 3.92. The average Bonchev–Trinajstić information content (AvgIpc) is 2.90. The van der Waals surface area contributed by atoms with E-state index < -0.39 is 0 Å². The largest absolute Gasteiger partial charge is 0.452 e. The van der Waals surface area contributed by atoms with Gasteiger partial charge in [0.2, 0.25) is 0 Å². The van der Waals surface area contributed by atoms with Gasteiger partial charge < -0.3 is 4.74 Å². The first-order valence-electron chi connectivity index (χ1n) is 6.04. The highest BCUT2D eigenvalue weighted by Crippen LogP contribution is 2.25. The minimum atomic E-state index is -0.375. The SMILES string of the molecule is COC(=O)n1ccc2ccc(-c3ccccc3)cc21. The molecule has 94 valence electrons. The van der Waals surface area contributed by atoms with Crippen molar-refractivity contribution >= 4 is 17.0 Å². The van der Waals surface area contributed by atoms with Crippen LogP contribution in [0, 0.1) is 0 Å². The van der Waals surface area contributed by atoms with Crippen molar-refractivity contribution in [2.24, 2.45) is 0 Å². The molecule has 0 N–H and O–H groups in total. The third-order valence-corrected chi connectivity index (χ3v) is 3.17. The minimum absolute atomic E-state index is 0.375. The Hall–Kier alpha value is -2.55. The van der Waals surface area contributed by atoms with Crippen LogP contribution in [0.5, 0.6) is 0 Å². The Morgan fingerprint density at radius 1 is 1.00 bits per heavy atom. The Morgan fingerprint density at radius 3 is 2.53 bits per heavy atom.